The lowest BCUT2D eigenvalue weighted by Gasteiger charge is -2.09. The van der Waals surface area contributed by atoms with Crippen molar-refractivity contribution in [2.24, 2.45) is 0 Å². The maximum Gasteiger partial charge on any atom is 0.145 e. The third-order valence-corrected chi connectivity index (χ3v) is 4.16. The molecule has 3 N–H and O–H groups in total. The molecule has 27 heavy (non-hydrogen) atoms. The van der Waals surface area contributed by atoms with Crippen molar-refractivity contribution in [3.63, 3.8) is 0 Å². The van der Waals surface area contributed by atoms with Crippen LogP contribution in [0.2, 0.25) is 0 Å². The fourth-order valence-corrected chi connectivity index (χ4v) is 2.81. The van der Waals surface area contributed by atoms with Crippen molar-refractivity contribution < 1.29 is 4.74 Å². The number of nitrogen functional groups attached to an aromatic ring is 1. The first-order valence-corrected chi connectivity index (χ1v) is 8.69. The Morgan fingerprint density at radius 2 is 1.85 bits per heavy atom. The molecule has 0 fully saturated rings. The Hall–Kier alpha value is -3.67. The Morgan fingerprint density at radius 3 is 2.67 bits per heavy atom. The van der Waals surface area contributed by atoms with Crippen molar-refractivity contribution in [1.82, 2.24) is 15.0 Å². The van der Waals surface area contributed by atoms with Gasteiger partial charge in [0.05, 0.1) is 11.7 Å². The van der Waals surface area contributed by atoms with Crippen LogP contribution in [0.1, 0.15) is 5.56 Å². The van der Waals surface area contributed by atoms with Crippen molar-refractivity contribution in [1.29, 1.82) is 0 Å². The predicted octanol–water partition coefficient (Wildman–Crippen LogP) is 4.05. The molecule has 2 aromatic heterocycles. The van der Waals surface area contributed by atoms with Gasteiger partial charge in [-0.3, -0.25) is 4.98 Å². The quantitative estimate of drug-likeness (QED) is 0.506. The summed E-state index contributed by atoms with van der Waals surface area (Å²) in [6.07, 6.45) is 5.83. The van der Waals surface area contributed by atoms with Gasteiger partial charge in [0, 0.05) is 23.8 Å². The van der Waals surface area contributed by atoms with E-state index < -0.39 is 0 Å². The summed E-state index contributed by atoms with van der Waals surface area (Å²) in [6, 6.07) is 17.4. The van der Waals surface area contributed by atoms with E-state index >= 15 is 0 Å². The van der Waals surface area contributed by atoms with Crippen LogP contribution >= 0.6 is 0 Å². The number of hydrogen-bond acceptors (Lipinski definition) is 6. The average Bonchev–Trinajstić information content (AvgIpc) is 2.70. The van der Waals surface area contributed by atoms with Crippen LogP contribution in [0, 0.1) is 0 Å². The molecule has 0 aliphatic rings. The third-order valence-electron chi connectivity index (χ3n) is 4.16. The molecule has 0 saturated carbocycles. The molecule has 0 aliphatic carbocycles. The van der Waals surface area contributed by atoms with Gasteiger partial charge < -0.3 is 15.8 Å². The molecular formula is C21H19N5O. The van der Waals surface area contributed by atoms with Gasteiger partial charge in [-0.2, -0.15) is 0 Å². The minimum atomic E-state index is 0.699. The summed E-state index contributed by atoms with van der Waals surface area (Å²) in [5.41, 5.74) is 8.66. The van der Waals surface area contributed by atoms with E-state index in [1.165, 1.54) is 5.56 Å². The van der Waals surface area contributed by atoms with Gasteiger partial charge in [-0.05, 0) is 54.4 Å². The fraction of sp³-hybridized carbons (Fsp3) is 0.0952. The van der Waals surface area contributed by atoms with Crippen LogP contribution in [-0.2, 0) is 6.42 Å². The van der Waals surface area contributed by atoms with Crippen molar-refractivity contribution in [2.45, 2.75) is 6.42 Å². The highest BCUT2D eigenvalue weighted by molar-refractivity contribution is 5.91. The van der Waals surface area contributed by atoms with E-state index in [4.69, 9.17) is 10.5 Å². The van der Waals surface area contributed by atoms with Gasteiger partial charge in [-0.15, -0.1) is 0 Å². The fourth-order valence-electron chi connectivity index (χ4n) is 2.81. The lowest BCUT2D eigenvalue weighted by molar-refractivity contribution is 0.480. The number of nitrogens with two attached hydrogens (primary N) is 1. The molecule has 134 valence electrons. The average molecular weight is 357 g/mol. The molecule has 0 unspecified atom stereocenters. The van der Waals surface area contributed by atoms with E-state index in [9.17, 15) is 0 Å². The molecule has 0 aliphatic heterocycles. The minimum absolute atomic E-state index is 0.699. The van der Waals surface area contributed by atoms with E-state index in [1.54, 1.807) is 18.7 Å². The van der Waals surface area contributed by atoms with Crippen LogP contribution in [0.25, 0.3) is 10.9 Å². The van der Waals surface area contributed by atoms with Crippen molar-refractivity contribution in [2.75, 3.05) is 17.6 Å². The SMILES string of the molecule is Nc1ccc2ncnc(NCCc3ccc(Oc4cccnc4)cc3)c2c1. The zero-order valence-corrected chi connectivity index (χ0v) is 14.7. The molecule has 6 heteroatoms. The summed E-state index contributed by atoms with van der Waals surface area (Å²) in [5.74, 6) is 2.31. The van der Waals surface area contributed by atoms with E-state index in [-0.39, 0.29) is 0 Å². The first kappa shape index (κ1) is 16.8. The number of nitrogens with zero attached hydrogens (tertiary/aromatic N) is 3. The zero-order valence-electron chi connectivity index (χ0n) is 14.7. The lowest BCUT2D eigenvalue weighted by atomic mass is 10.1. The van der Waals surface area contributed by atoms with Crippen molar-refractivity contribution in [3.05, 3.63) is 78.9 Å². The monoisotopic (exact) mass is 357 g/mol. The van der Waals surface area contributed by atoms with E-state index in [0.717, 1.165) is 41.2 Å². The standard InChI is InChI=1S/C21H19N5O/c22-16-5-8-20-19(12-16)21(26-14-25-20)24-11-9-15-3-6-17(7-4-15)27-18-2-1-10-23-13-18/h1-8,10,12-14H,9,11,22H2,(H,24,25,26). The number of anilines is 2. The molecule has 2 heterocycles. The Balaban J connectivity index is 1.37. The summed E-state index contributed by atoms with van der Waals surface area (Å²) < 4.78 is 5.76. The second-order valence-corrected chi connectivity index (χ2v) is 6.11. The second kappa shape index (κ2) is 7.70. The summed E-state index contributed by atoms with van der Waals surface area (Å²) in [4.78, 5) is 12.6. The van der Waals surface area contributed by atoms with Crippen molar-refractivity contribution >= 4 is 22.4 Å². The number of hydrogen-bond donors (Lipinski definition) is 2. The Kier molecular flexibility index (Phi) is 4.78. The second-order valence-electron chi connectivity index (χ2n) is 6.11. The van der Waals surface area contributed by atoms with E-state index in [0.29, 0.717) is 5.69 Å². The molecule has 6 nitrogen and oxygen atoms in total. The summed E-state index contributed by atoms with van der Waals surface area (Å²) in [5, 5.41) is 4.30. The maximum absolute atomic E-state index is 5.88. The van der Waals surface area contributed by atoms with Crippen LogP contribution < -0.4 is 15.8 Å². The smallest absolute Gasteiger partial charge is 0.145 e. The van der Waals surface area contributed by atoms with Gasteiger partial charge in [0.1, 0.15) is 23.6 Å². The van der Waals surface area contributed by atoms with Crippen LogP contribution in [-0.4, -0.2) is 21.5 Å². The third kappa shape index (κ3) is 4.12. The largest absolute Gasteiger partial charge is 0.456 e. The molecule has 0 saturated heterocycles. The number of fused-ring (bicyclic) bond motifs is 1. The Bertz CT molecular complexity index is 1040. The molecule has 4 rings (SSSR count). The number of pyridine rings is 1. The van der Waals surface area contributed by atoms with E-state index in [2.05, 4.69) is 32.4 Å². The number of ether oxygens (including phenoxy) is 1. The number of benzene rings is 2. The Morgan fingerprint density at radius 1 is 0.963 bits per heavy atom. The van der Waals surface area contributed by atoms with Crippen LogP contribution in [0.4, 0.5) is 11.5 Å². The molecule has 0 spiro atoms. The van der Waals surface area contributed by atoms with Crippen LogP contribution in [0.3, 0.4) is 0 Å². The highest BCUT2D eigenvalue weighted by atomic mass is 16.5. The molecule has 0 bridgehead atoms. The first-order valence-electron chi connectivity index (χ1n) is 8.69. The summed E-state index contributed by atoms with van der Waals surface area (Å²) >= 11 is 0. The van der Waals surface area contributed by atoms with Crippen molar-refractivity contribution in [3.8, 4) is 11.5 Å². The summed E-state index contributed by atoms with van der Waals surface area (Å²) in [6.45, 7) is 0.754. The van der Waals surface area contributed by atoms with Gasteiger partial charge in [0.2, 0.25) is 0 Å². The number of aromatic nitrogens is 3. The maximum atomic E-state index is 5.88. The predicted molar refractivity (Wildman–Crippen MR) is 107 cm³/mol. The summed E-state index contributed by atoms with van der Waals surface area (Å²) in [7, 11) is 0. The van der Waals surface area contributed by atoms with Crippen LogP contribution in [0.15, 0.2) is 73.3 Å². The molecular weight excluding hydrogens is 338 g/mol. The van der Waals surface area contributed by atoms with E-state index in [1.807, 2.05) is 42.5 Å². The normalized spacial score (nSPS) is 10.7. The van der Waals surface area contributed by atoms with Gasteiger partial charge in [0.15, 0.2) is 0 Å². The lowest BCUT2D eigenvalue weighted by Crippen LogP contribution is -2.07. The van der Waals surface area contributed by atoms with Gasteiger partial charge >= 0.3 is 0 Å². The van der Waals surface area contributed by atoms with Gasteiger partial charge in [-0.1, -0.05) is 12.1 Å². The minimum Gasteiger partial charge on any atom is -0.456 e. The zero-order chi connectivity index (χ0) is 18.5. The molecule has 4 aromatic rings. The molecule has 0 atom stereocenters. The van der Waals surface area contributed by atoms with Gasteiger partial charge in [0.25, 0.3) is 0 Å². The number of rotatable bonds is 6. The number of nitrogens with one attached hydrogen (secondary N) is 1. The highest BCUT2D eigenvalue weighted by Crippen LogP contribution is 2.22. The molecule has 0 radical (unpaired) electrons. The van der Waals surface area contributed by atoms with Gasteiger partial charge in [-0.25, -0.2) is 9.97 Å². The molecule has 0 amide bonds. The first-order chi connectivity index (χ1) is 13.3. The molecule has 2 aromatic carbocycles. The topological polar surface area (TPSA) is 86.0 Å². The highest BCUT2D eigenvalue weighted by Gasteiger charge is 2.04. The Labute approximate surface area is 157 Å². The van der Waals surface area contributed by atoms with Crippen LogP contribution in [0.5, 0.6) is 11.5 Å².